The number of amides is 2. The molecule has 0 bridgehead atoms. The molecule has 2 amide bonds. The molecule has 1 heterocycles. The maximum Gasteiger partial charge on any atom is 0.273 e. The highest BCUT2D eigenvalue weighted by atomic mass is 16.5. The Hall–Kier alpha value is -3.41. The number of para-hydroxylation sites is 2. The van der Waals surface area contributed by atoms with Crippen LogP contribution in [0.5, 0.6) is 5.75 Å². The average molecular weight is 335 g/mol. The van der Waals surface area contributed by atoms with Gasteiger partial charge in [-0.05, 0) is 31.2 Å². The van der Waals surface area contributed by atoms with Crippen LogP contribution in [-0.2, 0) is 9.59 Å². The Morgan fingerprint density at radius 3 is 2.60 bits per heavy atom. The first-order valence-corrected chi connectivity index (χ1v) is 7.77. The number of carbonyl (C=O) groups is 2. The van der Waals surface area contributed by atoms with Gasteiger partial charge >= 0.3 is 0 Å². The van der Waals surface area contributed by atoms with Crippen LogP contribution in [0.2, 0.25) is 0 Å². The quantitative estimate of drug-likeness (QED) is 0.824. The molecule has 2 aromatic rings. The summed E-state index contributed by atoms with van der Waals surface area (Å²) in [6.45, 7) is 1.62. The summed E-state index contributed by atoms with van der Waals surface area (Å²) in [6.07, 6.45) is 1.70. The summed E-state index contributed by atoms with van der Waals surface area (Å²) in [5.41, 5.74) is 4.92. The van der Waals surface area contributed by atoms with Gasteiger partial charge in [0.2, 0.25) is 0 Å². The molecule has 0 atom stereocenters. The molecule has 1 aliphatic rings. The lowest BCUT2D eigenvalue weighted by atomic mass is 10.1. The van der Waals surface area contributed by atoms with Crippen LogP contribution in [0.4, 0.5) is 5.69 Å². The van der Waals surface area contributed by atoms with Crippen LogP contribution in [0.1, 0.15) is 12.5 Å². The molecule has 0 fully saturated rings. The highest BCUT2D eigenvalue weighted by Gasteiger charge is 2.19. The topological polar surface area (TPSA) is 79.8 Å². The van der Waals surface area contributed by atoms with Gasteiger partial charge < -0.3 is 10.1 Å². The summed E-state index contributed by atoms with van der Waals surface area (Å²) in [7, 11) is 0. The molecule has 25 heavy (non-hydrogen) atoms. The van der Waals surface area contributed by atoms with Crippen molar-refractivity contribution < 1.29 is 14.3 Å². The fourth-order valence-corrected chi connectivity index (χ4v) is 2.34. The molecule has 6 nitrogen and oxygen atoms in total. The number of rotatable bonds is 5. The summed E-state index contributed by atoms with van der Waals surface area (Å²) in [6, 6.07) is 16.4. The molecule has 0 saturated heterocycles. The molecule has 1 aliphatic heterocycles. The molecule has 0 saturated carbocycles. The number of hydrogen-bond acceptors (Lipinski definition) is 4. The molecular formula is C19H17N3O3. The summed E-state index contributed by atoms with van der Waals surface area (Å²) in [4.78, 5) is 23.8. The van der Waals surface area contributed by atoms with E-state index in [1.54, 1.807) is 31.2 Å². The monoisotopic (exact) mass is 335 g/mol. The summed E-state index contributed by atoms with van der Waals surface area (Å²) < 4.78 is 5.62. The molecule has 0 aliphatic carbocycles. The molecule has 126 valence electrons. The van der Waals surface area contributed by atoms with Gasteiger partial charge in [0.05, 0.1) is 11.3 Å². The first kappa shape index (κ1) is 16.4. The van der Waals surface area contributed by atoms with Crippen LogP contribution in [0.3, 0.4) is 0 Å². The molecule has 2 aromatic carbocycles. The number of hydrazone groups is 1. The van der Waals surface area contributed by atoms with Gasteiger partial charge in [0.25, 0.3) is 11.8 Å². The predicted molar refractivity (Wildman–Crippen MR) is 96.2 cm³/mol. The lowest BCUT2D eigenvalue weighted by Crippen LogP contribution is -2.20. The van der Waals surface area contributed by atoms with E-state index in [-0.39, 0.29) is 18.4 Å². The average Bonchev–Trinajstić information content (AvgIpc) is 2.94. The van der Waals surface area contributed by atoms with Gasteiger partial charge in [0.1, 0.15) is 5.75 Å². The largest absolute Gasteiger partial charge is 0.483 e. The molecule has 0 aromatic heterocycles. The lowest BCUT2D eigenvalue weighted by Gasteiger charge is -2.10. The Labute approximate surface area is 145 Å². The zero-order chi connectivity index (χ0) is 17.6. The van der Waals surface area contributed by atoms with Crippen molar-refractivity contribution in [3.8, 4) is 5.75 Å². The van der Waals surface area contributed by atoms with Gasteiger partial charge in [-0.25, -0.2) is 5.43 Å². The van der Waals surface area contributed by atoms with Crippen LogP contribution in [0.15, 0.2) is 65.3 Å². The minimum Gasteiger partial charge on any atom is -0.483 e. The first-order chi connectivity index (χ1) is 12.1. The van der Waals surface area contributed by atoms with Crippen molar-refractivity contribution >= 4 is 29.3 Å². The van der Waals surface area contributed by atoms with Crippen LogP contribution in [-0.4, -0.2) is 24.1 Å². The smallest absolute Gasteiger partial charge is 0.273 e. The van der Waals surface area contributed by atoms with Crippen molar-refractivity contribution in [3.05, 3.63) is 65.7 Å². The van der Waals surface area contributed by atoms with E-state index in [2.05, 4.69) is 15.8 Å². The minimum atomic E-state index is -0.259. The van der Waals surface area contributed by atoms with E-state index in [4.69, 9.17) is 4.74 Å². The fourth-order valence-electron chi connectivity index (χ4n) is 2.34. The maximum absolute atomic E-state index is 12.0. The third-order valence-electron chi connectivity index (χ3n) is 3.59. The van der Waals surface area contributed by atoms with E-state index in [0.717, 1.165) is 0 Å². The van der Waals surface area contributed by atoms with Gasteiger partial charge in [0.15, 0.2) is 6.61 Å². The third kappa shape index (κ3) is 4.11. The SMILES string of the molecule is CC1=NNC(=O)/C1=C\c1ccccc1OCC(=O)Nc1ccccc1. The van der Waals surface area contributed by atoms with Crippen molar-refractivity contribution in [2.75, 3.05) is 11.9 Å². The van der Waals surface area contributed by atoms with Crippen LogP contribution >= 0.6 is 0 Å². The Kier molecular flexibility index (Phi) is 4.89. The van der Waals surface area contributed by atoms with E-state index >= 15 is 0 Å². The first-order valence-electron chi connectivity index (χ1n) is 7.77. The Morgan fingerprint density at radius 1 is 1.16 bits per heavy atom. The highest BCUT2D eigenvalue weighted by Crippen LogP contribution is 2.22. The molecule has 2 N–H and O–H groups in total. The van der Waals surface area contributed by atoms with Gasteiger partial charge in [-0.15, -0.1) is 0 Å². The number of nitrogens with one attached hydrogen (secondary N) is 2. The van der Waals surface area contributed by atoms with Crippen LogP contribution < -0.4 is 15.5 Å². The van der Waals surface area contributed by atoms with E-state index in [9.17, 15) is 9.59 Å². The summed E-state index contributed by atoms with van der Waals surface area (Å²) in [5, 5.41) is 6.65. The van der Waals surface area contributed by atoms with Gasteiger partial charge in [-0.2, -0.15) is 5.10 Å². The second kappa shape index (κ2) is 7.44. The van der Waals surface area contributed by atoms with E-state index in [0.29, 0.717) is 28.3 Å². The van der Waals surface area contributed by atoms with Crippen molar-refractivity contribution in [3.63, 3.8) is 0 Å². The van der Waals surface area contributed by atoms with E-state index in [1.165, 1.54) is 0 Å². The number of hydrogen-bond donors (Lipinski definition) is 2. The number of carbonyl (C=O) groups excluding carboxylic acids is 2. The standard InChI is InChI=1S/C19H17N3O3/c1-13-16(19(24)22-21-13)11-14-7-5-6-10-17(14)25-12-18(23)20-15-8-3-2-4-9-15/h2-11H,12H2,1H3,(H,20,23)(H,22,24)/b16-11-. The Balaban J connectivity index is 1.69. The minimum absolute atomic E-state index is 0.131. The lowest BCUT2D eigenvalue weighted by molar-refractivity contribution is -0.118. The van der Waals surface area contributed by atoms with E-state index < -0.39 is 0 Å². The second-order valence-electron chi connectivity index (χ2n) is 5.44. The van der Waals surface area contributed by atoms with Crippen molar-refractivity contribution in [2.24, 2.45) is 5.10 Å². The highest BCUT2D eigenvalue weighted by molar-refractivity contribution is 6.26. The Morgan fingerprint density at radius 2 is 1.88 bits per heavy atom. The summed E-state index contributed by atoms with van der Waals surface area (Å²) in [5.74, 6) is 0.00449. The molecule has 3 rings (SSSR count). The second-order valence-corrected chi connectivity index (χ2v) is 5.44. The zero-order valence-electron chi connectivity index (χ0n) is 13.7. The van der Waals surface area contributed by atoms with Crippen molar-refractivity contribution in [1.82, 2.24) is 5.43 Å². The normalized spacial score (nSPS) is 14.8. The molecule has 6 heteroatoms. The van der Waals surface area contributed by atoms with Crippen LogP contribution in [0, 0.1) is 0 Å². The number of ether oxygens (including phenoxy) is 1. The van der Waals surface area contributed by atoms with Gasteiger partial charge in [-0.1, -0.05) is 36.4 Å². The molecule has 0 spiro atoms. The van der Waals surface area contributed by atoms with Crippen LogP contribution in [0.25, 0.3) is 6.08 Å². The number of benzene rings is 2. The van der Waals surface area contributed by atoms with E-state index in [1.807, 2.05) is 36.4 Å². The van der Waals surface area contributed by atoms with Gasteiger partial charge in [-0.3, -0.25) is 9.59 Å². The van der Waals surface area contributed by atoms with Gasteiger partial charge in [0, 0.05) is 11.3 Å². The number of anilines is 1. The molecular weight excluding hydrogens is 318 g/mol. The maximum atomic E-state index is 12.0. The van der Waals surface area contributed by atoms with Crippen molar-refractivity contribution in [1.29, 1.82) is 0 Å². The Bertz CT molecular complexity index is 857. The molecule has 0 radical (unpaired) electrons. The molecule has 0 unspecified atom stereocenters. The fraction of sp³-hybridized carbons (Fsp3) is 0.105. The van der Waals surface area contributed by atoms with Crippen molar-refractivity contribution in [2.45, 2.75) is 6.92 Å². The number of nitrogens with zero attached hydrogens (tertiary/aromatic N) is 1. The predicted octanol–water partition coefficient (Wildman–Crippen LogP) is 2.59. The summed E-state index contributed by atoms with van der Waals surface area (Å²) >= 11 is 0. The zero-order valence-corrected chi connectivity index (χ0v) is 13.7. The third-order valence-corrected chi connectivity index (χ3v) is 3.59.